The average molecular weight is 420 g/mol. The lowest BCUT2D eigenvalue weighted by Crippen LogP contribution is -2.26. The minimum Gasteiger partial charge on any atom is -0.493 e. The van der Waals surface area contributed by atoms with Crippen molar-refractivity contribution in [2.45, 2.75) is 0 Å². The number of ether oxygens (including phenoxy) is 2. The zero-order valence-corrected chi connectivity index (χ0v) is 17.6. The fourth-order valence-electron chi connectivity index (χ4n) is 2.98. The quantitative estimate of drug-likeness (QED) is 0.465. The van der Waals surface area contributed by atoms with Crippen molar-refractivity contribution in [2.24, 2.45) is 0 Å². The Morgan fingerprint density at radius 1 is 1.07 bits per heavy atom. The van der Waals surface area contributed by atoms with E-state index in [2.05, 4.69) is 10.1 Å². The number of nitrogens with zero attached hydrogens (tertiary/aromatic N) is 4. The lowest BCUT2D eigenvalue weighted by Gasteiger charge is -2.18. The summed E-state index contributed by atoms with van der Waals surface area (Å²) < 4.78 is 12.4. The smallest absolute Gasteiger partial charge is 0.277 e. The van der Waals surface area contributed by atoms with Crippen LogP contribution in [-0.2, 0) is 0 Å². The van der Waals surface area contributed by atoms with Crippen LogP contribution in [0.15, 0.2) is 66.3 Å². The molecule has 0 aliphatic heterocycles. The van der Waals surface area contributed by atoms with Crippen molar-refractivity contribution < 1.29 is 14.3 Å². The molecule has 0 radical (unpaired) electrons. The topological polar surface area (TPSA) is 69.5 Å². The summed E-state index contributed by atoms with van der Waals surface area (Å²) in [6.45, 7) is 0. The first-order valence-electron chi connectivity index (χ1n) is 9.17. The van der Waals surface area contributed by atoms with Gasteiger partial charge in [0.25, 0.3) is 5.91 Å². The minimum absolute atomic E-state index is 0.208. The summed E-state index contributed by atoms with van der Waals surface area (Å²) in [7, 11) is 4.84. The van der Waals surface area contributed by atoms with Gasteiger partial charge in [-0.15, -0.1) is 11.3 Å². The monoisotopic (exact) mass is 420 g/mol. The molecule has 0 unspecified atom stereocenters. The molecule has 2 aromatic carbocycles. The molecule has 0 bridgehead atoms. The van der Waals surface area contributed by atoms with E-state index in [0.29, 0.717) is 22.9 Å². The summed E-state index contributed by atoms with van der Waals surface area (Å²) in [5, 5.41) is 6.89. The molecule has 0 atom stereocenters. The third-order valence-corrected chi connectivity index (χ3v) is 5.52. The Bertz CT molecular complexity index is 1170. The predicted octanol–water partition coefficient (Wildman–Crippen LogP) is 4.29. The Kier molecular flexibility index (Phi) is 5.49. The number of para-hydroxylation sites is 1. The Balaban J connectivity index is 1.55. The second-order valence-electron chi connectivity index (χ2n) is 6.45. The third-order valence-electron chi connectivity index (χ3n) is 4.63. The van der Waals surface area contributed by atoms with Crippen molar-refractivity contribution in [1.29, 1.82) is 0 Å². The Labute approximate surface area is 178 Å². The molecule has 7 nitrogen and oxygen atoms in total. The first-order chi connectivity index (χ1) is 14.6. The number of anilines is 1. The summed E-state index contributed by atoms with van der Waals surface area (Å²) in [5.74, 6) is 0.954. The number of methoxy groups -OCH3 is 2. The number of hydrogen-bond acceptors (Lipinski definition) is 6. The van der Waals surface area contributed by atoms with Gasteiger partial charge in [0.05, 0.1) is 26.1 Å². The standard InChI is InChI=1S/C22H20N4O3S/c1-25(17-9-10-19(28-2)20(11-17)29-3)22(27)18-14-30-21(24-18)15-12-23-26(13-15)16-7-5-4-6-8-16/h4-14H,1-3H3. The van der Waals surface area contributed by atoms with Gasteiger partial charge in [0.2, 0.25) is 0 Å². The van der Waals surface area contributed by atoms with Gasteiger partial charge in [0.1, 0.15) is 10.7 Å². The van der Waals surface area contributed by atoms with Crippen molar-refractivity contribution in [1.82, 2.24) is 14.8 Å². The van der Waals surface area contributed by atoms with Crippen LogP contribution in [0.25, 0.3) is 16.3 Å². The van der Waals surface area contributed by atoms with Crippen molar-refractivity contribution in [3.05, 3.63) is 72.0 Å². The van der Waals surface area contributed by atoms with Gasteiger partial charge >= 0.3 is 0 Å². The number of benzene rings is 2. The molecule has 4 aromatic rings. The van der Waals surface area contributed by atoms with Crippen LogP contribution in [-0.4, -0.2) is 41.9 Å². The molecule has 8 heteroatoms. The summed E-state index contributed by atoms with van der Waals surface area (Å²) >= 11 is 1.41. The third kappa shape index (κ3) is 3.77. The molecule has 2 heterocycles. The molecule has 2 aromatic heterocycles. The number of aromatic nitrogens is 3. The van der Waals surface area contributed by atoms with Gasteiger partial charge < -0.3 is 14.4 Å². The average Bonchev–Trinajstić information content (AvgIpc) is 3.48. The highest BCUT2D eigenvalue weighted by Crippen LogP contribution is 2.32. The maximum atomic E-state index is 12.9. The first-order valence-corrected chi connectivity index (χ1v) is 10.0. The molecule has 0 fully saturated rings. The summed E-state index contributed by atoms with van der Waals surface area (Å²) in [6.07, 6.45) is 3.65. The van der Waals surface area contributed by atoms with Gasteiger partial charge in [-0.05, 0) is 24.3 Å². The van der Waals surface area contributed by atoms with Gasteiger partial charge in [-0.2, -0.15) is 5.10 Å². The van der Waals surface area contributed by atoms with Crippen molar-refractivity contribution in [2.75, 3.05) is 26.2 Å². The lowest BCUT2D eigenvalue weighted by molar-refractivity contribution is 0.0989. The van der Waals surface area contributed by atoms with Crippen molar-refractivity contribution >= 4 is 22.9 Å². The lowest BCUT2D eigenvalue weighted by atomic mass is 10.2. The van der Waals surface area contributed by atoms with Crippen LogP contribution in [0.3, 0.4) is 0 Å². The molecule has 0 saturated carbocycles. The van der Waals surface area contributed by atoms with Gasteiger partial charge in [-0.3, -0.25) is 4.79 Å². The highest BCUT2D eigenvalue weighted by molar-refractivity contribution is 7.13. The molecule has 0 spiro atoms. The number of carbonyl (C=O) groups is 1. The molecule has 0 saturated heterocycles. The summed E-state index contributed by atoms with van der Waals surface area (Å²) in [5.41, 5.74) is 2.88. The largest absolute Gasteiger partial charge is 0.493 e. The van der Waals surface area contributed by atoms with Crippen LogP contribution in [0.1, 0.15) is 10.5 Å². The molecular weight excluding hydrogens is 400 g/mol. The molecule has 30 heavy (non-hydrogen) atoms. The fourth-order valence-corrected chi connectivity index (χ4v) is 3.75. The zero-order valence-electron chi connectivity index (χ0n) is 16.8. The molecule has 1 amide bonds. The predicted molar refractivity (Wildman–Crippen MR) is 117 cm³/mol. The molecule has 152 valence electrons. The minimum atomic E-state index is -0.208. The number of rotatable bonds is 6. The van der Waals surface area contributed by atoms with E-state index in [-0.39, 0.29) is 5.91 Å². The van der Waals surface area contributed by atoms with Gasteiger partial charge in [0.15, 0.2) is 11.5 Å². The Hall–Kier alpha value is -3.65. The van der Waals surface area contributed by atoms with Crippen LogP contribution in [0.2, 0.25) is 0 Å². The molecule has 0 aliphatic carbocycles. The van der Waals surface area contributed by atoms with Crippen molar-refractivity contribution in [3.8, 4) is 27.8 Å². The highest BCUT2D eigenvalue weighted by atomic mass is 32.1. The van der Waals surface area contributed by atoms with Crippen LogP contribution in [0, 0.1) is 0 Å². The summed E-state index contributed by atoms with van der Waals surface area (Å²) in [4.78, 5) is 19.0. The van der Waals surface area contributed by atoms with Crippen LogP contribution < -0.4 is 14.4 Å². The van der Waals surface area contributed by atoms with Crippen LogP contribution in [0.5, 0.6) is 11.5 Å². The second-order valence-corrected chi connectivity index (χ2v) is 7.31. The number of amides is 1. The van der Waals surface area contributed by atoms with E-state index in [4.69, 9.17) is 9.47 Å². The fraction of sp³-hybridized carbons (Fsp3) is 0.136. The molecule has 4 rings (SSSR count). The Morgan fingerprint density at radius 2 is 1.83 bits per heavy atom. The zero-order chi connectivity index (χ0) is 21.1. The number of thiazole rings is 1. The van der Waals surface area contributed by atoms with Crippen molar-refractivity contribution in [3.63, 3.8) is 0 Å². The molecule has 0 N–H and O–H groups in total. The summed E-state index contributed by atoms with van der Waals surface area (Å²) in [6, 6.07) is 15.2. The van der Waals surface area contributed by atoms with E-state index in [0.717, 1.165) is 16.3 Å². The van der Waals surface area contributed by atoms with Gasteiger partial charge in [0, 0.05) is 35.9 Å². The number of hydrogen-bond donors (Lipinski definition) is 0. The highest BCUT2D eigenvalue weighted by Gasteiger charge is 2.19. The van der Waals surface area contributed by atoms with E-state index in [9.17, 15) is 4.79 Å². The van der Waals surface area contributed by atoms with E-state index < -0.39 is 0 Å². The maximum Gasteiger partial charge on any atom is 0.277 e. The number of carbonyl (C=O) groups excluding carboxylic acids is 1. The maximum absolute atomic E-state index is 12.9. The van der Waals surface area contributed by atoms with Gasteiger partial charge in [-0.25, -0.2) is 9.67 Å². The molecule has 0 aliphatic rings. The van der Waals surface area contributed by atoms with Crippen LogP contribution >= 0.6 is 11.3 Å². The van der Waals surface area contributed by atoms with Crippen LogP contribution in [0.4, 0.5) is 5.69 Å². The Morgan fingerprint density at radius 3 is 2.57 bits per heavy atom. The first kappa shape index (κ1) is 19.7. The second kappa shape index (κ2) is 8.38. The van der Waals surface area contributed by atoms with E-state index >= 15 is 0 Å². The SMILES string of the molecule is COc1ccc(N(C)C(=O)c2csc(-c3cnn(-c4ccccc4)c3)n2)cc1OC. The normalized spacial score (nSPS) is 10.6. The van der Waals surface area contributed by atoms with E-state index in [1.54, 1.807) is 55.7 Å². The van der Waals surface area contributed by atoms with E-state index in [1.165, 1.54) is 16.2 Å². The van der Waals surface area contributed by atoms with E-state index in [1.807, 2.05) is 36.5 Å². The molecular formula is C22H20N4O3S. The van der Waals surface area contributed by atoms with Gasteiger partial charge in [-0.1, -0.05) is 18.2 Å².